The van der Waals surface area contributed by atoms with Gasteiger partial charge in [0.15, 0.2) is 0 Å². The van der Waals surface area contributed by atoms with Gasteiger partial charge in [0.1, 0.15) is 50.4 Å². The van der Waals surface area contributed by atoms with Crippen molar-refractivity contribution in [3.63, 3.8) is 0 Å². The lowest BCUT2D eigenvalue weighted by molar-refractivity contribution is 0.669. The molecule has 0 atom stereocenters. The number of hydrogen-bond donors (Lipinski definition) is 0. The summed E-state index contributed by atoms with van der Waals surface area (Å²) in [7, 11) is 32.4. The van der Waals surface area contributed by atoms with Crippen molar-refractivity contribution in [2.24, 2.45) is 0 Å². The summed E-state index contributed by atoms with van der Waals surface area (Å²) in [6.07, 6.45) is 0. The fourth-order valence-electron chi connectivity index (χ4n) is 7.51. The van der Waals surface area contributed by atoms with E-state index in [-0.39, 0.29) is 16.4 Å². The fraction of sp³-hybridized carbons (Fsp3) is 0. The Morgan fingerprint density at radius 3 is 1.40 bits per heavy atom. The molecular weight excluding hydrogens is 599 g/mol. The lowest BCUT2D eigenvalue weighted by Crippen LogP contribution is -2.55. The van der Waals surface area contributed by atoms with Gasteiger partial charge in [-0.2, -0.15) is 0 Å². The molecule has 1 heterocycles. The Kier molecular flexibility index (Phi) is 7.18. The molecule has 0 aliphatic heterocycles. The second-order valence-corrected chi connectivity index (χ2v) is 12.7. The van der Waals surface area contributed by atoms with Crippen molar-refractivity contribution in [3.05, 3.63) is 140 Å². The maximum absolute atomic E-state index is 6.69. The minimum absolute atomic E-state index is 0.194. The van der Waals surface area contributed by atoms with Gasteiger partial charge >= 0.3 is 0 Å². The Labute approximate surface area is 297 Å². The summed E-state index contributed by atoms with van der Waals surface area (Å²) >= 11 is 0. The average molecular weight is 622 g/mol. The smallest absolute Gasteiger partial charge is 0.136 e. The molecule has 1 aromatic heterocycles. The Morgan fingerprint density at radius 2 is 0.800 bits per heavy atom. The Balaban J connectivity index is 1.31. The molecule has 220 valence electrons. The lowest BCUT2D eigenvalue weighted by Gasteiger charge is -2.25. The highest BCUT2D eigenvalue weighted by molar-refractivity contribution is 6.69. The topological polar surface area (TPSA) is 13.1 Å². The monoisotopic (exact) mass is 622 g/mol. The largest absolute Gasteiger partial charge is 0.456 e. The third kappa shape index (κ3) is 4.62. The molecule has 9 rings (SSSR count). The maximum atomic E-state index is 6.69. The summed E-state index contributed by atoms with van der Waals surface area (Å²) < 4.78 is 6.50. The molecule has 0 fully saturated rings. The second-order valence-electron chi connectivity index (χ2n) is 12.7. The number of hydrogen-bond acceptors (Lipinski definition) is 1. The van der Waals surface area contributed by atoms with E-state index in [1.54, 1.807) is 0 Å². The summed E-state index contributed by atoms with van der Waals surface area (Å²) in [5.74, 6) is 0. The van der Waals surface area contributed by atoms with Crippen molar-refractivity contribution < 1.29 is 4.42 Å². The molecule has 10 radical (unpaired) electrons. The average Bonchev–Trinajstić information content (AvgIpc) is 3.55. The van der Waals surface area contributed by atoms with Crippen LogP contribution in [-0.2, 0) is 0 Å². The molecule has 0 aliphatic rings. The first-order valence-corrected chi connectivity index (χ1v) is 16.5. The standard InChI is InChI=1S/C44H23B5O/c45-40-39(41(46)43(48)44(49)42(40)47)38-30-13-6-4-11-28(30)36(29-12-5-7-14-31(29)38)32-15-8-16-35-37(32)33-23-27(21-22-34(33)50-35)26-19-17-25(18-20-26)24-9-2-1-3-10-24/h1-23H. The van der Waals surface area contributed by atoms with E-state index < -0.39 is 0 Å². The highest BCUT2D eigenvalue weighted by Gasteiger charge is 2.22. The number of rotatable bonds is 4. The van der Waals surface area contributed by atoms with Gasteiger partial charge in [0.05, 0.1) is 0 Å². The summed E-state index contributed by atoms with van der Waals surface area (Å²) in [4.78, 5) is 0. The number of fused-ring (bicyclic) bond motifs is 5. The molecule has 1 nitrogen and oxygen atoms in total. The van der Waals surface area contributed by atoms with Crippen molar-refractivity contribution in [3.8, 4) is 44.5 Å². The molecule has 0 amide bonds. The molecule has 0 saturated carbocycles. The highest BCUT2D eigenvalue weighted by Crippen LogP contribution is 2.46. The zero-order valence-electron chi connectivity index (χ0n) is 27.1. The third-order valence-electron chi connectivity index (χ3n) is 9.97. The van der Waals surface area contributed by atoms with Crippen molar-refractivity contribution in [2.75, 3.05) is 0 Å². The molecule has 0 saturated heterocycles. The van der Waals surface area contributed by atoms with Crippen LogP contribution in [0.15, 0.2) is 144 Å². The quantitative estimate of drug-likeness (QED) is 0.161. The summed E-state index contributed by atoms with van der Waals surface area (Å²) in [5.41, 5.74) is 11.1. The molecule has 0 aliphatic carbocycles. The Hall–Kier alpha value is -5.60. The van der Waals surface area contributed by atoms with Crippen LogP contribution >= 0.6 is 0 Å². The van der Waals surface area contributed by atoms with Gasteiger partial charge in [-0.3, -0.25) is 0 Å². The van der Waals surface area contributed by atoms with Crippen LogP contribution in [0.4, 0.5) is 0 Å². The van der Waals surface area contributed by atoms with Crippen LogP contribution in [0.5, 0.6) is 0 Å². The summed E-state index contributed by atoms with van der Waals surface area (Å²) in [6.45, 7) is 0. The van der Waals surface area contributed by atoms with Crippen molar-refractivity contribution >= 4 is 110 Å². The molecule has 50 heavy (non-hydrogen) atoms. The molecule has 6 heteroatoms. The first-order valence-electron chi connectivity index (χ1n) is 16.5. The minimum Gasteiger partial charge on any atom is -0.456 e. The van der Waals surface area contributed by atoms with E-state index in [1.807, 2.05) is 36.4 Å². The first kappa shape index (κ1) is 30.5. The highest BCUT2D eigenvalue weighted by atomic mass is 16.3. The van der Waals surface area contributed by atoms with E-state index in [2.05, 4.69) is 103 Å². The van der Waals surface area contributed by atoms with Crippen LogP contribution in [0.1, 0.15) is 0 Å². The van der Waals surface area contributed by atoms with Gasteiger partial charge in [0.25, 0.3) is 0 Å². The van der Waals surface area contributed by atoms with E-state index in [1.165, 1.54) is 11.1 Å². The van der Waals surface area contributed by atoms with Gasteiger partial charge < -0.3 is 4.42 Å². The van der Waals surface area contributed by atoms with Crippen molar-refractivity contribution in [2.45, 2.75) is 0 Å². The van der Waals surface area contributed by atoms with Crippen molar-refractivity contribution in [1.82, 2.24) is 0 Å². The lowest BCUT2D eigenvalue weighted by atomic mass is 9.59. The second kappa shape index (κ2) is 11.8. The van der Waals surface area contributed by atoms with Crippen LogP contribution in [0.25, 0.3) is 88.0 Å². The van der Waals surface area contributed by atoms with Gasteiger partial charge in [-0.15, -0.1) is 16.4 Å². The molecule has 0 bridgehead atoms. The Bertz CT molecular complexity index is 2720. The minimum atomic E-state index is 0.194. The van der Waals surface area contributed by atoms with E-state index in [0.717, 1.165) is 71.3 Å². The van der Waals surface area contributed by atoms with Crippen LogP contribution in [0, 0.1) is 0 Å². The van der Waals surface area contributed by atoms with Gasteiger partial charge in [0, 0.05) is 10.8 Å². The summed E-state index contributed by atoms with van der Waals surface area (Å²) in [5, 5.41) is 6.09. The summed E-state index contributed by atoms with van der Waals surface area (Å²) in [6, 6.07) is 48.4. The Morgan fingerprint density at radius 1 is 0.320 bits per heavy atom. The molecule has 9 aromatic rings. The SMILES string of the molecule is [B]c1c([B])c([B])c(-c2c3ccccc3c(-c3cccc4oc5ccc(-c6ccc(-c7ccccc7)cc6)cc5c34)c3ccccc23)c([B])c1[B]. The van der Waals surface area contributed by atoms with Crippen LogP contribution < -0.4 is 27.3 Å². The van der Waals surface area contributed by atoms with Crippen LogP contribution in [0.2, 0.25) is 0 Å². The first-order chi connectivity index (χ1) is 24.4. The molecular formula is C44H23B5O. The van der Waals surface area contributed by atoms with Crippen molar-refractivity contribution in [1.29, 1.82) is 0 Å². The fourth-order valence-corrected chi connectivity index (χ4v) is 7.51. The molecule has 0 unspecified atom stereocenters. The van der Waals surface area contributed by atoms with E-state index >= 15 is 0 Å². The molecule has 0 N–H and O–H groups in total. The van der Waals surface area contributed by atoms with Gasteiger partial charge in [0.2, 0.25) is 0 Å². The van der Waals surface area contributed by atoms with Gasteiger partial charge in [-0.05, 0) is 84.3 Å². The van der Waals surface area contributed by atoms with Gasteiger partial charge in [-0.25, -0.2) is 0 Å². The maximum Gasteiger partial charge on any atom is 0.136 e. The zero-order valence-corrected chi connectivity index (χ0v) is 27.1. The van der Waals surface area contributed by atoms with Crippen LogP contribution in [-0.4, -0.2) is 39.2 Å². The normalized spacial score (nSPS) is 11.6. The number of furan rings is 1. The third-order valence-corrected chi connectivity index (χ3v) is 9.97. The molecule has 8 aromatic carbocycles. The predicted molar refractivity (Wildman–Crippen MR) is 217 cm³/mol. The van der Waals surface area contributed by atoms with Gasteiger partial charge in [-0.1, -0.05) is 132 Å². The van der Waals surface area contributed by atoms with E-state index in [0.29, 0.717) is 16.5 Å². The predicted octanol–water partition coefficient (Wildman–Crippen LogP) is 6.53. The number of benzene rings is 8. The molecule has 0 spiro atoms. The van der Waals surface area contributed by atoms with Crippen LogP contribution in [0.3, 0.4) is 0 Å². The van der Waals surface area contributed by atoms with E-state index in [9.17, 15) is 0 Å². The zero-order chi connectivity index (χ0) is 34.1. The van der Waals surface area contributed by atoms with E-state index in [4.69, 9.17) is 43.6 Å².